The second-order valence-electron chi connectivity index (χ2n) is 4.55. The normalized spacial score (nSPS) is 21.7. The highest BCUT2D eigenvalue weighted by Gasteiger charge is 2.21. The minimum Gasteiger partial charge on any atom is -0.395 e. The average Bonchev–Trinajstić information content (AvgIpc) is 2.34. The van der Waals surface area contributed by atoms with Crippen LogP contribution in [0.3, 0.4) is 0 Å². The van der Waals surface area contributed by atoms with Gasteiger partial charge in [0.05, 0.1) is 6.61 Å². The smallest absolute Gasteiger partial charge is 0.159 e. The zero-order chi connectivity index (χ0) is 12.3. The van der Waals surface area contributed by atoms with Crippen LogP contribution in [0.5, 0.6) is 0 Å². The van der Waals surface area contributed by atoms with E-state index in [2.05, 4.69) is 4.90 Å². The molecule has 0 unspecified atom stereocenters. The summed E-state index contributed by atoms with van der Waals surface area (Å²) < 4.78 is 25.9. The van der Waals surface area contributed by atoms with Crippen molar-refractivity contribution in [2.75, 3.05) is 13.2 Å². The molecule has 0 saturated carbocycles. The van der Waals surface area contributed by atoms with E-state index in [1.54, 1.807) is 6.07 Å². The van der Waals surface area contributed by atoms with Crippen LogP contribution in [-0.2, 0) is 6.54 Å². The summed E-state index contributed by atoms with van der Waals surface area (Å²) in [4.78, 5) is 2.14. The summed E-state index contributed by atoms with van der Waals surface area (Å²) in [5.41, 5.74) is 0.754. The second kappa shape index (κ2) is 5.56. The van der Waals surface area contributed by atoms with E-state index in [4.69, 9.17) is 0 Å². The van der Waals surface area contributed by atoms with Crippen molar-refractivity contribution in [1.82, 2.24) is 4.90 Å². The van der Waals surface area contributed by atoms with Crippen LogP contribution in [0.4, 0.5) is 8.78 Å². The molecule has 0 spiro atoms. The first-order valence-corrected chi connectivity index (χ1v) is 5.99. The fourth-order valence-corrected chi connectivity index (χ4v) is 2.35. The Morgan fingerprint density at radius 1 is 1.24 bits per heavy atom. The quantitative estimate of drug-likeness (QED) is 0.877. The second-order valence-corrected chi connectivity index (χ2v) is 4.55. The first-order valence-electron chi connectivity index (χ1n) is 5.99. The number of aliphatic hydroxyl groups excluding tert-OH is 1. The first-order chi connectivity index (χ1) is 8.20. The highest BCUT2D eigenvalue weighted by molar-refractivity contribution is 5.17. The zero-order valence-electron chi connectivity index (χ0n) is 9.70. The Bertz CT molecular complexity index is 384. The molecule has 1 fully saturated rings. The van der Waals surface area contributed by atoms with Crippen LogP contribution in [0.2, 0.25) is 0 Å². The van der Waals surface area contributed by atoms with Crippen molar-refractivity contribution in [3.8, 4) is 0 Å². The van der Waals surface area contributed by atoms with E-state index in [0.717, 1.165) is 37.4 Å². The molecule has 1 saturated heterocycles. The van der Waals surface area contributed by atoms with E-state index in [0.29, 0.717) is 6.54 Å². The Morgan fingerprint density at radius 2 is 2.06 bits per heavy atom. The summed E-state index contributed by atoms with van der Waals surface area (Å²) in [5.74, 6) is -1.62. The maximum atomic E-state index is 13.1. The number of hydrogen-bond acceptors (Lipinski definition) is 2. The van der Waals surface area contributed by atoms with Crippen molar-refractivity contribution in [2.45, 2.75) is 31.8 Å². The van der Waals surface area contributed by atoms with Crippen LogP contribution >= 0.6 is 0 Å². The Hall–Kier alpha value is -1.00. The van der Waals surface area contributed by atoms with Gasteiger partial charge in [-0.15, -0.1) is 0 Å². The lowest BCUT2D eigenvalue weighted by molar-refractivity contribution is 0.0840. The van der Waals surface area contributed by atoms with Gasteiger partial charge in [-0.05, 0) is 37.1 Å². The van der Waals surface area contributed by atoms with E-state index in [9.17, 15) is 13.9 Å². The van der Waals surface area contributed by atoms with Crippen molar-refractivity contribution in [2.24, 2.45) is 0 Å². The highest BCUT2D eigenvalue weighted by atomic mass is 19.2. The summed E-state index contributed by atoms with van der Waals surface area (Å²) in [6, 6.07) is 4.14. The Balaban J connectivity index is 2.05. The minimum atomic E-state index is -0.814. The lowest BCUT2D eigenvalue weighted by Gasteiger charge is -2.34. The van der Waals surface area contributed by atoms with Gasteiger partial charge in [0.15, 0.2) is 11.6 Å². The maximum absolute atomic E-state index is 13.1. The average molecular weight is 241 g/mol. The number of hydrogen-bond donors (Lipinski definition) is 1. The predicted molar refractivity (Wildman–Crippen MR) is 61.5 cm³/mol. The molecule has 4 heteroatoms. The van der Waals surface area contributed by atoms with Crippen LogP contribution in [0.1, 0.15) is 24.8 Å². The van der Waals surface area contributed by atoms with Crippen molar-refractivity contribution < 1.29 is 13.9 Å². The highest BCUT2D eigenvalue weighted by Crippen LogP contribution is 2.20. The molecule has 0 amide bonds. The van der Waals surface area contributed by atoms with Crippen LogP contribution < -0.4 is 0 Å². The van der Waals surface area contributed by atoms with Crippen molar-refractivity contribution in [1.29, 1.82) is 0 Å². The molecule has 17 heavy (non-hydrogen) atoms. The van der Waals surface area contributed by atoms with E-state index in [1.807, 2.05) is 0 Å². The van der Waals surface area contributed by atoms with Crippen molar-refractivity contribution in [3.63, 3.8) is 0 Å². The number of benzene rings is 1. The molecule has 2 nitrogen and oxygen atoms in total. The maximum Gasteiger partial charge on any atom is 0.159 e. The molecule has 0 aromatic heterocycles. The molecule has 0 aliphatic carbocycles. The van der Waals surface area contributed by atoms with Gasteiger partial charge in [-0.1, -0.05) is 12.5 Å². The summed E-state index contributed by atoms with van der Waals surface area (Å²) in [6.07, 6.45) is 3.19. The van der Waals surface area contributed by atoms with Gasteiger partial charge in [-0.3, -0.25) is 4.90 Å². The Kier molecular flexibility index (Phi) is 4.07. The molecular weight excluding hydrogens is 224 g/mol. The molecule has 2 rings (SSSR count). The van der Waals surface area contributed by atoms with E-state index < -0.39 is 11.6 Å². The van der Waals surface area contributed by atoms with Gasteiger partial charge >= 0.3 is 0 Å². The predicted octanol–water partition coefficient (Wildman–Crippen LogP) is 2.31. The number of piperidine rings is 1. The molecule has 1 aliphatic heterocycles. The third-order valence-electron chi connectivity index (χ3n) is 3.33. The molecule has 0 bridgehead atoms. The number of nitrogens with zero attached hydrogens (tertiary/aromatic N) is 1. The van der Waals surface area contributed by atoms with Crippen LogP contribution in [0.25, 0.3) is 0 Å². The van der Waals surface area contributed by atoms with Gasteiger partial charge in [0, 0.05) is 12.6 Å². The van der Waals surface area contributed by atoms with Crippen LogP contribution in [0, 0.1) is 11.6 Å². The summed E-state index contributed by atoms with van der Waals surface area (Å²) in [7, 11) is 0. The van der Waals surface area contributed by atoms with Gasteiger partial charge in [-0.2, -0.15) is 0 Å². The fourth-order valence-electron chi connectivity index (χ4n) is 2.35. The van der Waals surface area contributed by atoms with Gasteiger partial charge in [0.25, 0.3) is 0 Å². The van der Waals surface area contributed by atoms with Gasteiger partial charge < -0.3 is 5.11 Å². The van der Waals surface area contributed by atoms with Gasteiger partial charge in [-0.25, -0.2) is 8.78 Å². The Labute approximate surface area is 99.9 Å². The SMILES string of the molecule is OC[C@H]1CCCCN1Cc1ccc(F)c(F)c1. The summed E-state index contributed by atoms with van der Waals surface area (Å²) >= 11 is 0. The summed E-state index contributed by atoms with van der Waals surface area (Å²) in [6.45, 7) is 1.61. The van der Waals surface area contributed by atoms with Gasteiger partial charge in [0.2, 0.25) is 0 Å². The van der Waals surface area contributed by atoms with E-state index in [1.165, 1.54) is 6.07 Å². The van der Waals surface area contributed by atoms with Gasteiger partial charge in [0.1, 0.15) is 0 Å². The lowest BCUT2D eigenvalue weighted by Crippen LogP contribution is -2.41. The zero-order valence-corrected chi connectivity index (χ0v) is 9.70. The monoisotopic (exact) mass is 241 g/mol. The number of likely N-dealkylation sites (tertiary alicyclic amines) is 1. The number of rotatable bonds is 3. The molecule has 1 aliphatic rings. The largest absolute Gasteiger partial charge is 0.395 e. The standard InChI is InChI=1S/C13H17F2NO/c14-12-5-4-10(7-13(12)15)8-16-6-2-1-3-11(16)9-17/h4-5,7,11,17H,1-3,6,8-9H2/t11-/m1/s1. The molecule has 1 atom stereocenters. The third-order valence-corrected chi connectivity index (χ3v) is 3.33. The molecular formula is C13H17F2NO. The van der Waals surface area contributed by atoms with E-state index >= 15 is 0 Å². The van der Waals surface area contributed by atoms with Crippen molar-refractivity contribution in [3.05, 3.63) is 35.4 Å². The minimum absolute atomic E-state index is 0.129. The lowest BCUT2D eigenvalue weighted by atomic mass is 10.0. The number of halogens is 2. The fraction of sp³-hybridized carbons (Fsp3) is 0.538. The van der Waals surface area contributed by atoms with Crippen LogP contribution in [-0.4, -0.2) is 29.2 Å². The molecule has 0 radical (unpaired) electrons. The summed E-state index contributed by atoms with van der Waals surface area (Å²) in [5, 5.41) is 9.26. The topological polar surface area (TPSA) is 23.5 Å². The first kappa shape index (κ1) is 12.5. The Morgan fingerprint density at radius 3 is 2.76 bits per heavy atom. The third kappa shape index (κ3) is 3.01. The number of aliphatic hydroxyl groups is 1. The van der Waals surface area contributed by atoms with Crippen molar-refractivity contribution >= 4 is 0 Å². The molecule has 1 N–H and O–H groups in total. The van der Waals surface area contributed by atoms with E-state index in [-0.39, 0.29) is 12.6 Å². The molecule has 1 aromatic rings. The molecule has 1 aromatic carbocycles. The van der Waals surface area contributed by atoms with Crippen LogP contribution in [0.15, 0.2) is 18.2 Å². The molecule has 1 heterocycles. The molecule has 94 valence electrons.